The predicted molar refractivity (Wildman–Crippen MR) is 114 cm³/mol. The average Bonchev–Trinajstić information content (AvgIpc) is 2.79. The Morgan fingerprint density at radius 1 is 1.13 bits per heavy atom. The summed E-state index contributed by atoms with van der Waals surface area (Å²) in [6, 6.07) is 4.67. The summed E-state index contributed by atoms with van der Waals surface area (Å²) in [6.45, 7) is 3.07. The number of morpholine rings is 1. The molecule has 1 saturated heterocycles. The van der Waals surface area contributed by atoms with E-state index in [1.807, 2.05) is 0 Å². The number of hydrogen-bond donors (Lipinski definition) is 3. The van der Waals surface area contributed by atoms with Gasteiger partial charge >= 0.3 is 6.09 Å². The molecule has 1 saturated carbocycles. The molecule has 2 fully saturated rings. The molecule has 9 nitrogen and oxygen atoms in total. The largest absolute Gasteiger partial charge is 0.447 e. The predicted octanol–water partition coefficient (Wildman–Crippen LogP) is 1.91. The van der Waals surface area contributed by atoms with Gasteiger partial charge in [0.1, 0.15) is 12.1 Å². The molecular weight excluding hydrogens is 386 g/mol. The van der Waals surface area contributed by atoms with Crippen LogP contribution in [-0.4, -0.2) is 72.8 Å². The van der Waals surface area contributed by atoms with Crippen molar-refractivity contribution in [2.24, 2.45) is 0 Å². The highest BCUT2D eigenvalue weighted by atomic mass is 16.6. The third-order valence-electron chi connectivity index (χ3n) is 5.67. The zero-order valence-electron chi connectivity index (χ0n) is 17.0. The average molecular weight is 415 g/mol. The van der Waals surface area contributed by atoms with E-state index in [9.17, 15) is 4.79 Å². The number of ether oxygens (including phenoxy) is 2. The Morgan fingerprint density at radius 2 is 1.87 bits per heavy atom. The van der Waals surface area contributed by atoms with E-state index in [0.717, 1.165) is 74.4 Å². The smallest absolute Gasteiger partial charge is 0.407 e. The summed E-state index contributed by atoms with van der Waals surface area (Å²) in [5.41, 5.74) is 3.89. The second-order valence-electron chi connectivity index (χ2n) is 7.71. The molecule has 0 unspecified atom stereocenters. The molecule has 0 radical (unpaired) electrons. The van der Waals surface area contributed by atoms with Crippen molar-refractivity contribution in [3.05, 3.63) is 24.5 Å². The fraction of sp³-hybridized carbons (Fsp3) is 0.571. The molecule has 2 heterocycles. The number of benzene rings is 1. The number of aliphatic hydroxyl groups excluding tert-OH is 1. The normalized spacial score (nSPS) is 22.0. The zero-order valence-corrected chi connectivity index (χ0v) is 17.0. The molecule has 0 spiro atoms. The lowest BCUT2D eigenvalue weighted by molar-refractivity contribution is 0.114. The van der Waals surface area contributed by atoms with Crippen LogP contribution >= 0.6 is 0 Å². The van der Waals surface area contributed by atoms with Crippen LogP contribution in [0.15, 0.2) is 24.5 Å². The maximum Gasteiger partial charge on any atom is 0.407 e. The maximum atomic E-state index is 11.7. The van der Waals surface area contributed by atoms with Gasteiger partial charge in [-0.15, -0.1) is 0 Å². The van der Waals surface area contributed by atoms with E-state index in [0.29, 0.717) is 6.04 Å². The van der Waals surface area contributed by atoms with Gasteiger partial charge in [0, 0.05) is 43.3 Å². The molecule has 9 heteroatoms. The summed E-state index contributed by atoms with van der Waals surface area (Å²) < 4.78 is 10.4. The van der Waals surface area contributed by atoms with Gasteiger partial charge in [-0.2, -0.15) is 0 Å². The van der Waals surface area contributed by atoms with E-state index >= 15 is 0 Å². The number of rotatable bonds is 6. The van der Waals surface area contributed by atoms with Crippen LogP contribution in [0.3, 0.4) is 0 Å². The maximum absolute atomic E-state index is 11.7. The van der Waals surface area contributed by atoms with Crippen LogP contribution < -0.4 is 15.5 Å². The van der Waals surface area contributed by atoms with Crippen molar-refractivity contribution < 1.29 is 19.4 Å². The summed E-state index contributed by atoms with van der Waals surface area (Å²) in [5.74, 6) is 0. The number of fused-ring (bicyclic) bond motifs is 1. The van der Waals surface area contributed by atoms with Gasteiger partial charge in [-0.25, -0.2) is 4.79 Å². The molecule has 4 rings (SSSR count). The first kappa shape index (κ1) is 20.6. The molecule has 1 aliphatic heterocycles. The summed E-state index contributed by atoms with van der Waals surface area (Å²) in [5, 5.41) is 15.3. The first-order chi connectivity index (χ1) is 14.7. The molecule has 2 aliphatic rings. The molecule has 0 atom stereocenters. The summed E-state index contributed by atoms with van der Waals surface area (Å²) in [7, 11) is 0. The van der Waals surface area contributed by atoms with E-state index in [2.05, 4.69) is 37.6 Å². The molecule has 1 amide bonds. The quantitative estimate of drug-likeness (QED) is 0.657. The highest BCUT2D eigenvalue weighted by Crippen LogP contribution is 2.31. The summed E-state index contributed by atoms with van der Waals surface area (Å²) in [4.78, 5) is 23.1. The molecule has 162 valence electrons. The van der Waals surface area contributed by atoms with E-state index in [4.69, 9.17) is 14.6 Å². The van der Waals surface area contributed by atoms with Crippen LogP contribution in [0.5, 0.6) is 0 Å². The van der Waals surface area contributed by atoms with Crippen LogP contribution in [0.2, 0.25) is 0 Å². The van der Waals surface area contributed by atoms with Crippen molar-refractivity contribution in [3.8, 4) is 0 Å². The minimum Gasteiger partial charge on any atom is -0.447 e. The molecule has 1 aromatic heterocycles. The molecular formula is C21H29N5O4. The van der Waals surface area contributed by atoms with E-state index in [-0.39, 0.29) is 19.3 Å². The van der Waals surface area contributed by atoms with Gasteiger partial charge in [-0.3, -0.25) is 9.97 Å². The number of amides is 1. The van der Waals surface area contributed by atoms with Crippen molar-refractivity contribution in [3.63, 3.8) is 0 Å². The van der Waals surface area contributed by atoms with Crippen molar-refractivity contribution in [1.29, 1.82) is 0 Å². The first-order valence-corrected chi connectivity index (χ1v) is 10.6. The van der Waals surface area contributed by atoms with Crippen LogP contribution in [0.1, 0.15) is 25.7 Å². The van der Waals surface area contributed by atoms with Gasteiger partial charge in [-0.1, -0.05) is 0 Å². The Morgan fingerprint density at radius 3 is 2.63 bits per heavy atom. The number of hydrogen-bond acceptors (Lipinski definition) is 8. The van der Waals surface area contributed by atoms with Crippen LogP contribution in [0, 0.1) is 0 Å². The Labute approximate surface area is 175 Å². The molecule has 0 bridgehead atoms. The molecule has 30 heavy (non-hydrogen) atoms. The van der Waals surface area contributed by atoms with Gasteiger partial charge in [-0.05, 0) is 37.8 Å². The fourth-order valence-electron chi connectivity index (χ4n) is 4.12. The van der Waals surface area contributed by atoms with Gasteiger partial charge in [0.05, 0.1) is 31.0 Å². The lowest BCUT2D eigenvalue weighted by Gasteiger charge is -2.32. The Balaban J connectivity index is 1.42. The fourth-order valence-corrected chi connectivity index (χ4v) is 4.12. The van der Waals surface area contributed by atoms with Crippen LogP contribution in [0.4, 0.5) is 16.2 Å². The SMILES string of the molecule is O=C(N[C@H]1CC[C@@H](Nc2cc(N3CCOCC3)cc3nccnc23)CC1)OCCO. The Bertz CT molecular complexity index is 850. The van der Waals surface area contributed by atoms with E-state index in [1.165, 1.54) is 0 Å². The minimum absolute atomic E-state index is 0.0241. The first-order valence-electron chi connectivity index (χ1n) is 10.6. The number of alkyl carbamates (subject to hydrolysis) is 1. The van der Waals surface area contributed by atoms with E-state index in [1.54, 1.807) is 12.4 Å². The highest BCUT2D eigenvalue weighted by Gasteiger charge is 2.24. The number of aromatic nitrogens is 2. The molecule has 2 aromatic rings. The highest BCUT2D eigenvalue weighted by molar-refractivity contribution is 5.91. The second-order valence-corrected chi connectivity index (χ2v) is 7.71. The third kappa shape index (κ3) is 5.09. The number of carbonyl (C=O) groups is 1. The number of nitrogens with zero attached hydrogens (tertiary/aromatic N) is 3. The number of nitrogens with one attached hydrogen (secondary N) is 2. The van der Waals surface area contributed by atoms with Gasteiger partial charge in [0.2, 0.25) is 0 Å². The zero-order chi connectivity index (χ0) is 20.8. The van der Waals surface area contributed by atoms with Crippen molar-refractivity contribution in [2.45, 2.75) is 37.8 Å². The number of anilines is 2. The number of carbonyl (C=O) groups excluding carboxylic acids is 1. The van der Waals surface area contributed by atoms with Crippen molar-refractivity contribution in [2.75, 3.05) is 49.7 Å². The minimum atomic E-state index is -0.458. The Kier molecular flexibility index (Phi) is 6.81. The van der Waals surface area contributed by atoms with Crippen LogP contribution in [0.25, 0.3) is 11.0 Å². The Hall–Kier alpha value is -2.65. The van der Waals surface area contributed by atoms with Crippen LogP contribution in [-0.2, 0) is 9.47 Å². The molecule has 1 aromatic carbocycles. The summed E-state index contributed by atoms with van der Waals surface area (Å²) >= 11 is 0. The lowest BCUT2D eigenvalue weighted by atomic mass is 9.91. The van der Waals surface area contributed by atoms with E-state index < -0.39 is 6.09 Å². The summed E-state index contributed by atoms with van der Waals surface area (Å²) in [6.07, 6.45) is 6.61. The van der Waals surface area contributed by atoms with Crippen molar-refractivity contribution >= 4 is 28.5 Å². The van der Waals surface area contributed by atoms with Crippen molar-refractivity contribution in [1.82, 2.24) is 15.3 Å². The van der Waals surface area contributed by atoms with Gasteiger partial charge in [0.25, 0.3) is 0 Å². The van der Waals surface area contributed by atoms with Gasteiger partial charge < -0.3 is 30.1 Å². The second kappa shape index (κ2) is 9.90. The monoisotopic (exact) mass is 415 g/mol. The lowest BCUT2D eigenvalue weighted by Crippen LogP contribution is -2.40. The number of aliphatic hydroxyl groups is 1. The molecule has 1 aliphatic carbocycles. The molecule has 3 N–H and O–H groups in total. The topological polar surface area (TPSA) is 109 Å². The third-order valence-corrected chi connectivity index (χ3v) is 5.67. The van der Waals surface area contributed by atoms with Gasteiger partial charge in [0.15, 0.2) is 0 Å². The standard InChI is InChI=1S/C21H29N5O4/c27-9-12-30-21(28)25-16-3-1-15(2-4-16)24-19-14-17(26-7-10-29-11-8-26)13-18-20(19)23-6-5-22-18/h5-6,13-16,24,27H,1-4,7-12H2,(H,25,28)/t15-,16+.